The summed E-state index contributed by atoms with van der Waals surface area (Å²) in [4.78, 5) is 66.4. The number of aliphatic hydroxyl groups is 1. The summed E-state index contributed by atoms with van der Waals surface area (Å²) >= 11 is 0. The van der Waals surface area contributed by atoms with E-state index in [1.54, 1.807) is 20.8 Å². The number of ether oxygens (including phenoxy) is 6. The standard InChI is InChI=1S/C12H20O5.2C11H18O4/c1-5-9(4)12(15)17-7-10(13)6-16-11(14)8(2)3;1-5-9(4)11(13)15-7-6-14-10(12)8(2)3;1-5-9(12)14-7-8-15-10(13)11(3,4)6-2/h9-10,13H,2,5-7H2,1,3-4H3;9H,2,5-7H2,1,3-4H3;5H,1,6-8H2,2-4H3. The Morgan fingerprint density at radius 3 is 1.53 bits per heavy atom. The number of esters is 6. The van der Waals surface area contributed by atoms with E-state index in [1.165, 1.54) is 6.92 Å². The average Bonchev–Trinajstić information content (AvgIpc) is 3.05. The summed E-state index contributed by atoms with van der Waals surface area (Å²) < 4.78 is 28.8. The van der Waals surface area contributed by atoms with E-state index in [4.69, 9.17) is 23.7 Å². The minimum atomic E-state index is -1.01. The molecular weight excluding hydrogens is 616 g/mol. The van der Waals surface area contributed by atoms with E-state index in [2.05, 4.69) is 24.5 Å². The monoisotopic (exact) mass is 672 g/mol. The second-order valence-corrected chi connectivity index (χ2v) is 11.1. The number of carbonyl (C=O) groups excluding carboxylic acids is 6. The highest BCUT2D eigenvalue weighted by molar-refractivity contribution is 5.87. The number of hydrogen-bond acceptors (Lipinski definition) is 13. The molecule has 0 radical (unpaired) electrons. The molecule has 13 nitrogen and oxygen atoms in total. The summed E-state index contributed by atoms with van der Waals surface area (Å²) in [5.74, 6) is -2.75. The Hall–Kier alpha value is -4.00. The van der Waals surface area contributed by atoms with Crippen molar-refractivity contribution in [1.82, 2.24) is 0 Å². The maximum Gasteiger partial charge on any atom is 0.333 e. The van der Waals surface area contributed by atoms with Gasteiger partial charge in [0.05, 0.1) is 17.3 Å². The van der Waals surface area contributed by atoms with Gasteiger partial charge in [0, 0.05) is 17.2 Å². The zero-order chi connectivity index (χ0) is 37.2. The normalized spacial score (nSPS) is 12.0. The van der Waals surface area contributed by atoms with Gasteiger partial charge in [-0.05, 0) is 47.0 Å². The first-order valence-corrected chi connectivity index (χ1v) is 15.4. The number of carbonyl (C=O) groups is 6. The first-order chi connectivity index (χ1) is 21.8. The molecule has 3 atom stereocenters. The van der Waals surface area contributed by atoms with Crippen molar-refractivity contribution in [3.05, 3.63) is 37.0 Å². The maximum atomic E-state index is 11.4. The van der Waals surface area contributed by atoms with Crippen molar-refractivity contribution >= 4 is 35.8 Å². The van der Waals surface area contributed by atoms with Crippen LogP contribution in [0.15, 0.2) is 37.0 Å². The quantitative estimate of drug-likeness (QED) is 0.0882. The van der Waals surface area contributed by atoms with Crippen LogP contribution in [-0.2, 0) is 57.2 Å². The van der Waals surface area contributed by atoms with E-state index in [9.17, 15) is 33.9 Å². The van der Waals surface area contributed by atoms with Crippen molar-refractivity contribution < 1.29 is 62.3 Å². The molecule has 0 aliphatic carbocycles. The van der Waals surface area contributed by atoms with Crippen molar-refractivity contribution in [3.63, 3.8) is 0 Å². The van der Waals surface area contributed by atoms with Gasteiger partial charge in [-0.15, -0.1) is 0 Å². The molecule has 0 spiro atoms. The molecule has 47 heavy (non-hydrogen) atoms. The maximum absolute atomic E-state index is 11.4. The Kier molecular flexibility index (Phi) is 27.4. The van der Waals surface area contributed by atoms with Crippen LogP contribution in [0.3, 0.4) is 0 Å². The van der Waals surface area contributed by atoms with Crippen LogP contribution < -0.4 is 0 Å². The summed E-state index contributed by atoms with van der Waals surface area (Å²) in [5, 5.41) is 9.40. The second kappa shape index (κ2) is 27.1. The van der Waals surface area contributed by atoms with Crippen LogP contribution in [-0.4, -0.2) is 86.7 Å². The second-order valence-electron chi connectivity index (χ2n) is 11.1. The lowest BCUT2D eigenvalue weighted by atomic mass is 9.91. The van der Waals surface area contributed by atoms with Gasteiger partial charge < -0.3 is 33.5 Å². The molecule has 1 N–H and O–H groups in total. The molecular formula is C34H56O13. The highest BCUT2D eigenvalue weighted by Gasteiger charge is 2.26. The average molecular weight is 673 g/mol. The molecule has 13 heteroatoms. The summed E-state index contributed by atoms with van der Waals surface area (Å²) in [6, 6.07) is 0. The van der Waals surface area contributed by atoms with Gasteiger partial charge in [0.1, 0.15) is 45.7 Å². The number of aliphatic hydroxyl groups excluding tert-OH is 1. The topological polar surface area (TPSA) is 178 Å². The Morgan fingerprint density at radius 1 is 0.681 bits per heavy atom. The molecule has 0 aromatic rings. The molecule has 0 aliphatic heterocycles. The fourth-order valence-electron chi connectivity index (χ4n) is 2.21. The minimum Gasteiger partial charge on any atom is -0.463 e. The first kappa shape index (κ1) is 47.4. The molecule has 0 heterocycles. The van der Waals surface area contributed by atoms with E-state index in [0.29, 0.717) is 18.4 Å². The van der Waals surface area contributed by atoms with Crippen LogP contribution in [0.4, 0.5) is 0 Å². The van der Waals surface area contributed by atoms with Gasteiger partial charge in [-0.25, -0.2) is 14.4 Å². The minimum absolute atomic E-state index is 0.0659. The zero-order valence-electron chi connectivity index (χ0n) is 29.6. The van der Waals surface area contributed by atoms with Crippen molar-refractivity contribution in [1.29, 1.82) is 0 Å². The lowest BCUT2D eigenvalue weighted by Gasteiger charge is -2.20. The Balaban J connectivity index is -0.000000620. The molecule has 0 bridgehead atoms. The summed E-state index contributed by atoms with van der Waals surface area (Å²) in [6.07, 6.45) is 2.19. The largest absolute Gasteiger partial charge is 0.463 e. The van der Waals surface area contributed by atoms with E-state index < -0.39 is 29.4 Å². The SMILES string of the molecule is C=C(C)C(=O)OCC(O)COC(=O)C(C)CC.C=C(C)C(=O)OCCOC(=O)C(C)CC.C=CC(=O)OCCOC(=O)C(C)(C)CC. The fraction of sp³-hybridized carbons (Fsp3) is 0.647. The lowest BCUT2D eigenvalue weighted by molar-refractivity contribution is -0.158. The van der Waals surface area contributed by atoms with Crippen LogP contribution in [0, 0.1) is 17.3 Å². The van der Waals surface area contributed by atoms with E-state index in [1.807, 2.05) is 34.6 Å². The Bertz CT molecular complexity index is 1030. The third-order valence-electron chi connectivity index (χ3n) is 6.28. The molecule has 3 unspecified atom stereocenters. The van der Waals surface area contributed by atoms with Crippen LogP contribution in [0.5, 0.6) is 0 Å². The van der Waals surface area contributed by atoms with Crippen LogP contribution in [0.1, 0.15) is 81.6 Å². The van der Waals surface area contributed by atoms with Crippen LogP contribution in [0.2, 0.25) is 0 Å². The van der Waals surface area contributed by atoms with Crippen LogP contribution >= 0.6 is 0 Å². The van der Waals surface area contributed by atoms with Gasteiger partial charge in [0.15, 0.2) is 0 Å². The van der Waals surface area contributed by atoms with Gasteiger partial charge in [0.2, 0.25) is 0 Å². The molecule has 0 saturated heterocycles. The molecule has 270 valence electrons. The van der Waals surface area contributed by atoms with Gasteiger partial charge >= 0.3 is 35.8 Å². The van der Waals surface area contributed by atoms with Gasteiger partial charge in [-0.1, -0.05) is 54.4 Å². The third kappa shape index (κ3) is 25.8. The third-order valence-corrected chi connectivity index (χ3v) is 6.28. The Morgan fingerprint density at radius 2 is 1.09 bits per heavy atom. The first-order valence-electron chi connectivity index (χ1n) is 15.4. The van der Waals surface area contributed by atoms with E-state index in [-0.39, 0.29) is 75.0 Å². The van der Waals surface area contributed by atoms with Crippen molar-refractivity contribution in [3.8, 4) is 0 Å². The van der Waals surface area contributed by atoms with Gasteiger partial charge in [-0.3, -0.25) is 14.4 Å². The van der Waals surface area contributed by atoms with Crippen LogP contribution in [0.25, 0.3) is 0 Å². The number of hydrogen-bond donors (Lipinski definition) is 1. The number of rotatable bonds is 19. The molecule has 0 amide bonds. The lowest BCUT2D eigenvalue weighted by Crippen LogP contribution is -2.27. The predicted octanol–water partition coefficient (Wildman–Crippen LogP) is 4.45. The van der Waals surface area contributed by atoms with Gasteiger partial charge in [-0.2, -0.15) is 0 Å². The van der Waals surface area contributed by atoms with Crippen molar-refractivity contribution in [2.45, 2.75) is 87.7 Å². The van der Waals surface area contributed by atoms with E-state index in [0.717, 1.165) is 12.5 Å². The highest BCUT2D eigenvalue weighted by Crippen LogP contribution is 2.21. The highest BCUT2D eigenvalue weighted by atomic mass is 16.6. The van der Waals surface area contributed by atoms with Crippen molar-refractivity contribution in [2.24, 2.45) is 17.3 Å². The molecule has 0 aliphatic rings. The zero-order valence-corrected chi connectivity index (χ0v) is 29.6. The fourth-order valence-corrected chi connectivity index (χ4v) is 2.21. The summed E-state index contributed by atoms with van der Waals surface area (Å²) in [7, 11) is 0. The smallest absolute Gasteiger partial charge is 0.333 e. The molecule has 0 fully saturated rings. The Labute approximate surface area is 279 Å². The summed E-state index contributed by atoms with van der Waals surface area (Å²) in [5.41, 5.74) is 0.111. The van der Waals surface area contributed by atoms with Gasteiger partial charge in [0.25, 0.3) is 0 Å². The summed E-state index contributed by atoms with van der Waals surface area (Å²) in [6.45, 7) is 26.0. The molecule has 0 aromatic carbocycles. The molecule has 0 aromatic heterocycles. The molecule has 0 rings (SSSR count). The predicted molar refractivity (Wildman–Crippen MR) is 175 cm³/mol. The van der Waals surface area contributed by atoms with Crippen molar-refractivity contribution in [2.75, 3.05) is 39.6 Å². The van der Waals surface area contributed by atoms with E-state index >= 15 is 0 Å². The molecule has 0 saturated carbocycles.